The number of nitrogens with zero attached hydrogens (tertiary/aromatic N) is 1. The second-order valence-corrected chi connectivity index (χ2v) is 5.86. The number of aromatic nitrogens is 2. The van der Waals surface area contributed by atoms with Crippen LogP contribution in [-0.2, 0) is 4.79 Å². The molecule has 5 heteroatoms. The number of carbonyl (C=O) groups excluding carboxylic acids is 1. The lowest BCUT2D eigenvalue weighted by Gasteiger charge is -2.15. The molecule has 2 N–H and O–H groups in total. The Morgan fingerprint density at radius 3 is 3.00 bits per heavy atom. The van der Waals surface area contributed by atoms with Gasteiger partial charge in [0.25, 0.3) is 0 Å². The first-order chi connectivity index (χ1) is 9.15. The maximum absolute atomic E-state index is 11.7. The molecular weight excluding hydrogens is 258 g/mol. The molecule has 1 aromatic carbocycles. The van der Waals surface area contributed by atoms with Gasteiger partial charge in [-0.25, -0.2) is 0 Å². The first-order valence-corrected chi connectivity index (χ1v) is 7.23. The van der Waals surface area contributed by atoms with E-state index in [2.05, 4.69) is 46.7 Å². The molecule has 1 aliphatic heterocycles. The van der Waals surface area contributed by atoms with Crippen molar-refractivity contribution in [3.63, 3.8) is 0 Å². The van der Waals surface area contributed by atoms with Crippen molar-refractivity contribution in [3.05, 3.63) is 46.6 Å². The van der Waals surface area contributed by atoms with Crippen LogP contribution < -0.4 is 5.32 Å². The summed E-state index contributed by atoms with van der Waals surface area (Å²) in [5, 5.41) is 10.2. The van der Waals surface area contributed by atoms with Crippen molar-refractivity contribution in [2.24, 2.45) is 0 Å². The fraction of sp³-hybridized carbons (Fsp3) is 0.286. The molecule has 0 saturated carbocycles. The Balaban J connectivity index is 2.11. The highest BCUT2D eigenvalue weighted by Gasteiger charge is 2.27. The number of nitrogens with one attached hydrogen (secondary N) is 2. The van der Waals surface area contributed by atoms with Gasteiger partial charge in [-0.05, 0) is 19.4 Å². The zero-order chi connectivity index (χ0) is 13.4. The van der Waals surface area contributed by atoms with Crippen molar-refractivity contribution < 1.29 is 4.79 Å². The maximum atomic E-state index is 11.7. The number of rotatable bonds is 1. The van der Waals surface area contributed by atoms with E-state index in [4.69, 9.17) is 0 Å². The molecule has 1 amide bonds. The predicted octanol–water partition coefficient (Wildman–Crippen LogP) is 2.80. The quantitative estimate of drug-likeness (QED) is 0.840. The molecule has 3 rings (SSSR count). The van der Waals surface area contributed by atoms with Crippen molar-refractivity contribution in [2.75, 3.05) is 11.1 Å². The van der Waals surface area contributed by atoms with Crippen molar-refractivity contribution in [1.29, 1.82) is 0 Å². The Kier molecular flexibility index (Phi) is 3.06. The Labute approximate surface area is 116 Å². The van der Waals surface area contributed by atoms with Gasteiger partial charge in [-0.1, -0.05) is 29.8 Å². The average molecular weight is 273 g/mol. The molecule has 0 aliphatic carbocycles. The first kappa shape index (κ1) is 12.3. The lowest BCUT2D eigenvalue weighted by molar-refractivity contribution is -0.113. The lowest BCUT2D eigenvalue weighted by atomic mass is 10.0. The Morgan fingerprint density at radius 1 is 1.37 bits per heavy atom. The molecule has 98 valence electrons. The average Bonchev–Trinajstić information content (AvgIpc) is 2.64. The van der Waals surface area contributed by atoms with E-state index in [1.807, 2.05) is 6.92 Å². The molecule has 1 aliphatic rings. The molecule has 1 atom stereocenters. The van der Waals surface area contributed by atoms with E-state index in [0.717, 1.165) is 11.3 Å². The van der Waals surface area contributed by atoms with Gasteiger partial charge in [-0.3, -0.25) is 9.89 Å². The molecule has 4 nitrogen and oxygen atoms in total. The van der Waals surface area contributed by atoms with Crippen LogP contribution in [-0.4, -0.2) is 21.9 Å². The van der Waals surface area contributed by atoms with Crippen molar-refractivity contribution >= 4 is 23.5 Å². The minimum Gasteiger partial charge on any atom is -0.308 e. The number of benzene rings is 1. The molecule has 0 bridgehead atoms. The predicted molar refractivity (Wildman–Crippen MR) is 77.4 cm³/mol. The number of H-pyrrole nitrogens is 1. The summed E-state index contributed by atoms with van der Waals surface area (Å²) in [6.07, 6.45) is 0. The van der Waals surface area contributed by atoms with Crippen LogP contribution in [0.1, 0.15) is 27.6 Å². The highest BCUT2D eigenvalue weighted by atomic mass is 32.2. The molecule has 19 heavy (non-hydrogen) atoms. The number of anilines is 1. The highest BCUT2D eigenvalue weighted by Crippen LogP contribution is 2.42. The third-order valence-electron chi connectivity index (χ3n) is 3.24. The SMILES string of the molecule is Cc1cccc([C@@H]2SCC(=O)Nc3n[nH]c(C)c32)c1. The van der Waals surface area contributed by atoms with Crippen LogP contribution in [0.5, 0.6) is 0 Å². The topological polar surface area (TPSA) is 57.8 Å². The van der Waals surface area contributed by atoms with Crippen LogP contribution in [0.2, 0.25) is 0 Å². The van der Waals surface area contributed by atoms with E-state index >= 15 is 0 Å². The highest BCUT2D eigenvalue weighted by molar-refractivity contribution is 8.00. The molecule has 2 aromatic rings. The molecule has 0 radical (unpaired) electrons. The second-order valence-electron chi connectivity index (χ2n) is 4.76. The Morgan fingerprint density at radius 2 is 2.21 bits per heavy atom. The molecule has 0 spiro atoms. The number of amides is 1. The van der Waals surface area contributed by atoms with Gasteiger partial charge < -0.3 is 5.32 Å². The summed E-state index contributed by atoms with van der Waals surface area (Å²) in [5.41, 5.74) is 4.54. The van der Waals surface area contributed by atoms with Gasteiger partial charge in [0, 0.05) is 11.3 Å². The van der Waals surface area contributed by atoms with E-state index in [-0.39, 0.29) is 11.2 Å². The van der Waals surface area contributed by atoms with E-state index < -0.39 is 0 Å². The van der Waals surface area contributed by atoms with Gasteiger partial charge in [0.05, 0.1) is 11.0 Å². The lowest BCUT2D eigenvalue weighted by Crippen LogP contribution is -2.12. The number of hydrogen-bond donors (Lipinski definition) is 2. The third kappa shape index (κ3) is 2.26. The van der Waals surface area contributed by atoms with Crippen molar-refractivity contribution in [2.45, 2.75) is 19.1 Å². The molecule has 2 heterocycles. The summed E-state index contributed by atoms with van der Waals surface area (Å²) < 4.78 is 0. The minimum absolute atomic E-state index is 0.00732. The maximum Gasteiger partial charge on any atom is 0.235 e. The van der Waals surface area contributed by atoms with Crippen molar-refractivity contribution in [1.82, 2.24) is 10.2 Å². The van der Waals surface area contributed by atoms with Crippen LogP contribution in [0.25, 0.3) is 0 Å². The molecular formula is C14H15N3OS. The fourth-order valence-corrected chi connectivity index (χ4v) is 3.54. The van der Waals surface area contributed by atoms with Crippen LogP contribution >= 0.6 is 11.8 Å². The van der Waals surface area contributed by atoms with E-state index in [9.17, 15) is 4.79 Å². The van der Waals surface area contributed by atoms with E-state index in [1.54, 1.807) is 11.8 Å². The summed E-state index contributed by atoms with van der Waals surface area (Å²) in [7, 11) is 0. The minimum atomic E-state index is 0.00732. The van der Waals surface area contributed by atoms with Crippen LogP contribution in [0.3, 0.4) is 0 Å². The van der Waals surface area contributed by atoms with Gasteiger partial charge in [0.1, 0.15) is 0 Å². The number of hydrogen-bond acceptors (Lipinski definition) is 3. The number of carbonyl (C=O) groups is 1. The smallest absolute Gasteiger partial charge is 0.235 e. The summed E-state index contributed by atoms with van der Waals surface area (Å²) >= 11 is 1.64. The number of fused-ring (bicyclic) bond motifs is 1. The Hall–Kier alpha value is -1.75. The van der Waals surface area contributed by atoms with Gasteiger partial charge in [-0.15, -0.1) is 11.8 Å². The summed E-state index contributed by atoms with van der Waals surface area (Å²) in [4.78, 5) is 11.7. The normalized spacial score (nSPS) is 18.6. The number of aryl methyl sites for hydroxylation is 2. The standard InChI is InChI=1S/C14H15N3OS/c1-8-4-3-5-10(6-8)13-12-9(2)16-17-14(12)15-11(18)7-19-13/h3-6,13H,7H2,1-2H3,(H2,15,16,17,18)/t13-/m0/s1. The van der Waals surface area contributed by atoms with E-state index in [0.29, 0.717) is 11.6 Å². The van der Waals surface area contributed by atoms with Crippen LogP contribution in [0, 0.1) is 13.8 Å². The third-order valence-corrected chi connectivity index (χ3v) is 4.51. The number of thioether (sulfide) groups is 1. The van der Waals surface area contributed by atoms with Gasteiger partial charge in [0.15, 0.2) is 5.82 Å². The van der Waals surface area contributed by atoms with Gasteiger partial charge in [-0.2, -0.15) is 5.10 Å². The van der Waals surface area contributed by atoms with Crippen molar-refractivity contribution in [3.8, 4) is 0 Å². The van der Waals surface area contributed by atoms with Gasteiger partial charge >= 0.3 is 0 Å². The fourth-order valence-electron chi connectivity index (χ4n) is 2.36. The molecule has 0 fully saturated rings. The van der Waals surface area contributed by atoms with Crippen LogP contribution in [0.15, 0.2) is 24.3 Å². The molecule has 0 saturated heterocycles. The van der Waals surface area contributed by atoms with Crippen LogP contribution in [0.4, 0.5) is 5.82 Å². The largest absolute Gasteiger partial charge is 0.308 e. The summed E-state index contributed by atoms with van der Waals surface area (Å²) in [6, 6.07) is 8.41. The van der Waals surface area contributed by atoms with Gasteiger partial charge in [0.2, 0.25) is 5.91 Å². The summed E-state index contributed by atoms with van der Waals surface area (Å²) in [6.45, 7) is 4.07. The van der Waals surface area contributed by atoms with E-state index in [1.165, 1.54) is 11.1 Å². The monoisotopic (exact) mass is 273 g/mol. The first-order valence-electron chi connectivity index (χ1n) is 6.18. The Bertz CT molecular complexity index is 635. The zero-order valence-electron chi connectivity index (χ0n) is 10.9. The zero-order valence-corrected chi connectivity index (χ0v) is 11.7. The second kappa shape index (κ2) is 4.74. The molecule has 0 unspecified atom stereocenters. The molecule has 1 aromatic heterocycles. The number of aromatic amines is 1. The summed E-state index contributed by atoms with van der Waals surface area (Å²) in [5.74, 6) is 1.13.